The summed E-state index contributed by atoms with van der Waals surface area (Å²) in [7, 11) is 0. The third kappa shape index (κ3) is 0.561. The summed E-state index contributed by atoms with van der Waals surface area (Å²) >= 11 is 0. The number of rotatable bonds is 0. The maximum absolute atomic E-state index is 3.81. The molecule has 0 fully saturated rings. The van der Waals surface area contributed by atoms with Crippen LogP contribution in [0, 0.1) is 0 Å². The molecule has 0 aliphatic carbocycles. The van der Waals surface area contributed by atoms with Gasteiger partial charge in [0.25, 0.3) is 0 Å². The van der Waals surface area contributed by atoms with Crippen LogP contribution in [0.1, 0.15) is 0 Å². The number of aromatic amines is 1. The summed E-state index contributed by atoms with van der Waals surface area (Å²) in [5.74, 6) is 0. The molecule has 0 bridgehead atoms. The minimum absolute atomic E-state index is 0. The van der Waals surface area contributed by atoms with Crippen LogP contribution >= 0.6 is 0 Å². The minimum Gasteiger partial charge on any atom is -0.258 e. The molecule has 0 saturated carbocycles. The topological polar surface area (TPSA) is 41.6 Å². The van der Waals surface area contributed by atoms with Crippen molar-refractivity contribution in [2.24, 2.45) is 0 Å². The van der Waals surface area contributed by atoms with Gasteiger partial charge in [-0.15, -0.1) is 5.10 Å². The maximum atomic E-state index is 3.81. The second-order valence-corrected chi connectivity index (χ2v) is 1.83. The van der Waals surface area contributed by atoms with E-state index < -0.39 is 0 Å². The van der Waals surface area contributed by atoms with Crippen molar-refractivity contribution in [3.8, 4) is 0 Å². The zero-order valence-electron chi connectivity index (χ0n) is 4.97. The number of H-pyrrole nitrogens is 1. The van der Waals surface area contributed by atoms with Crippen molar-refractivity contribution in [2.75, 3.05) is 0 Å². The number of benzene rings is 1. The molecule has 1 heterocycles. The first-order valence-corrected chi connectivity index (χ1v) is 2.72. The first-order valence-electron chi connectivity index (χ1n) is 2.72. The van der Waals surface area contributed by atoms with Crippen LogP contribution in [0.15, 0.2) is 24.3 Å². The Morgan fingerprint density at radius 3 is 2.80 bits per heavy atom. The Labute approximate surface area is 51.7 Å². The van der Waals surface area contributed by atoms with E-state index in [2.05, 4.69) is 15.4 Å². The molecule has 0 aliphatic heterocycles. The number of para-hydroxylation sites is 1. The van der Waals surface area contributed by atoms with Crippen LogP contribution in [0.3, 0.4) is 0 Å². The second-order valence-electron chi connectivity index (χ2n) is 1.83. The number of nitrogens with one attached hydrogen (secondary N) is 1. The van der Waals surface area contributed by atoms with Gasteiger partial charge in [0.2, 0.25) is 0 Å². The van der Waals surface area contributed by atoms with Gasteiger partial charge in [0.05, 0.1) is 5.52 Å². The van der Waals surface area contributed by atoms with Crippen LogP contribution in [-0.4, -0.2) is 15.4 Å². The van der Waals surface area contributed by atoms with Crippen molar-refractivity contribution in [1.82, 2.24) is 15.4 Å². The first kappa shape index (κ1) is 5.75. The summed E-state index contributed by atoms with van der Waals surface area (Å²) in [6, 6.07) is 7.74. The van der Waals surface area contributed by atoms with Crippen molar-refractivity contribution < 1.29 is 0 Å². The molecule has 10 heavy (non-hydrogen) atoms. The molecule has 1 aromatic carbocycles. The normalized spacial score (nSPS) is 9.20. The van der Waals surface area contributed by atoms with Crippen molar-refractivity contribution in [1.29, 1.82) is 0 Å². The van der Waals surface area contributed by atoms with Crippen LogP contribution in [0.4, 0.5) is 0 Å². The van der Waals surface area contributed by atoms with E-state index in [0.717, 1.165) is 11.0 Å². The summed E-state index contributed by atoms with van der Waals surface area (Å²) in [5, 5.41) is 10.2. The van der Waals surface area contributed by atoms with Crippen molar-refractivity contribution in [3.05, 3.63) is 24.3 Å². The van der Waals surface area contributed by atoms with Crippen molar-refractivity contribution in [2.45, 2.75) is 0 Å². The van der Waals surface area contributed by atoms with Gasteiger partial charge in [0.15, 0.2) is 0 Å². The number of hydrogen-bond acceptors (Lipinski definition) is 2. The van der Waals surface area contributed by atoms with Crippen LogP contribution in [0.5, 0.6) is 0 Å². The van der Waals surface area contributed by atoms with E-state index in [0.29, 0.717) is 0 Å². The molecule has 0 atom stereocenters. The molecule has 3 nitrogen and oxygen atoms in total. The van der Waals surface area contributed by atoms with Gasteiger partial charge in [0, 0.05) is 0 Å². The van der Waals surface area contributed by atoms with Crippen LogP contribution in [-0.2, 0) is 0 Å². The van der Waals surface area contributed by atoms with E-state index in [1.54, 1.807) is 0 Å². The third-order valence-electron chi connectivity index (χ3n) is 1.23. The fourth-order valence-electron chi connectivity index (χ4n) is 0.788. The largest absolute Gasteiger partial charge is 0.258 e. The number of hydrogen-bond donors (Lipinski definition) is 1. The summed E-state index contributed by atoms with van der Waals surface area (Å²) in [6.07, 6.45) is 0. The van der Waals surface area contributed by atoms with E-state index in [-0.39, 0.29) is 0 Å². The van der Waals surface area contributed by atoms with Gasteiger partial charge >= 0.3 is 0 Å². The van der Waals surface area contributed by atoms with Gasteiger partial charge in [0.1, 0.15) is 5.52 Å². The van der Waals surface area contributed by atoms with Crippen molar-refractivity contribution >= 4 is 11.0 Å². The average Bonchev–Trinajstić information content (AvgIpc) is 2.33. The standard InChI is InChI=1S/C6H5N3.No/c1-2-4-6-5(3-1)7-9-8-6;/h1-4H,(H,7,8,9);. The molecule has 4 heteroatoms. The molecule has 0 amide bonds. The molecule has 2 aromatic rings. The Morgan fingerprint density at radius 2 is 2.00 bits per heavy atom. The molecule has 0 spiro atoms. The predicted molar refractivity (Wildman–Crippen MR) is 33.9 cm³/mol. The average molecular weight is 378 g/mol. The molecule has 0 saturated heterocycles. The van der Waals surface area contributed by atoms with Crippen molar-refractivity contribution in [3.63, 3.8) is 0 Å². The Kier molecular flexibility index (Phi) is 1.07. The maximum Gasteiger partial charge on any atom is 0.112 e. The molecule has 1 aromatic heterocycles. The Bertz CT molecular complexity index is 287. The molecule has 2 rings (SSSR count). The van der Waals surface area contributed by atoms with E-state index in [1.165, 1.54) is 0 Å². The monoisotopic (exact) mass is 378 g/mol. The van der Waals surface area contributed by atoms with Crippen LogP contribution in [0.25, 0.3) is 11.0 Å². The van der Waals surface area contributed by atoms with Gasteiger partial charge in [-0.3, -0.25) is 5.10 Å². The minimum atomic E-state index is 0. The SMILES string of the molecule is [No].c1ccc2[nH]nnc2c1. The zero-order valence-corrected chi connectivity index (χ0v) is 7.20. The number of aromatic nitrogens is 3. The quantitative estimate of drug-likeness (QED) is 0.742. The van der Waals surface area contributed by atoms with Gasteiger partial charge in [-0.25, -0.2) is 0 Å². The second kappa shape index (κ2) is 1.85. The van der Waals surface area contributed by atoms with Gasteiger partial charge in [-0.1, -0.05) is 17.3 Å². The van der Waals surface area contributed by atoms with E-state index in [4.69, 9.17) is 0 Å². The Morgan fingerprint density at radius 1 is 1.20 bits per heavy atom. The molecular formula is C6H5N3No. The Balaban J connectivity index is 0.000000500. The fourth-order valence-corrected chi connectivity index (χ4v) is 0.788. The molecule has 0 aliphatic rings. The van der Waals surface area contributed by atoms with Gasteiger partial charge in [-0.05, 0) is 12.1 Å². The molecule has 0 radical (unpaired) electrons. The predicted octanol–water partition coefficient (Wildman–Crippen LogP) is 0.958. The van der Waals surface area contributed by atoms with Gasteiger partial charge < -0.3 is 0 Å². The first-order chi connectivity index (χ1) is 4.47. The number of nitrogens with zero attached hydrogens (tertiary/aromatic N) is 2. The molecule has 1 N–H and O–H groups in total. The summed E-state index contributed by atoms with van der Waals surface area (Å²) in [5.41, 5.74) is 1.90. The number of fused-ring (bicyclic) bond motifs is 1. The molecule has 58 valence electrons. The smallest absolute Gasteiger partial charge is 0.112 e. The third-order valence-corrected chi connectivity index (χ3v) is 1.23. The van der Waals surface area contributed by atoms with E-state index in [1.807, 2.05) is 24.3 Å². The summed E-state index contributed by atoms with van der Waals surface area (Å²) in [4.78, 5) is 0. The van der Waals surface area contributed by atoms with E-state index in [9.17, 15) is 0 Å². The fraction of sp³-hybridized carbons (Fsp3) is 0. The summed E-state index contributed by atoms with van der Waals surface area (Å²) in [6.45, 7) is 0. The zero-order chi connectivity index (χ0) is 6.10. The van der Waals surface area contributed by atoms with Crippen LogP contribution < -0.4 is 0 Å². The van der Waals surface area contributed by atoms with E-state index >= 15 is 0 Å². The summed E-state index contributed by atoms with van der Waals surface area (Å²) < 4.78 is 0. The molecular weight excluding hydrogens is 373 g/mol. The molecule has 0 unspecified atom stereocenters. The Hall–Kier alpha value is -2.38. The van der Waals surface area contributed by atoms with Gasteiger partial charge in [-0.2, -0.15) is 0 Å². The van der Waals surface area contributed by atoms with Crippen LogP contribution in [0.2, 0.25) is 0 Å².